The highest BCUT2D eigenvalue weighted by atomic mass is 35.5. The van der Waals surface area contributed by atoms with Crippen LogP contribution >= 0.6 is 11.6 Å². The smallest absolute Gasteiger partial charge is 0.134 e. The van der Waals surface area contributed by atoms with Crippen molar-refractivity contribution in [2.45, 2.75) is 20.3 Å². The topological polar surface area (TPSA) is 32.9 Å². The maximum absolute atomic E-state index is 11.1. The predicted molar refractivity (Wildman–Crippen MR) is 62.4 cm³/mol. The molecule has 0 radical (unpaired) electrons. The lowest BCUT2D eigenvalue weighted by atomic mass is 10.1. The second-order valence-corrected chi connectivity index (χ2v) is 4.23. The normalized spacial score (nSPS) is 10.9. The molecule has 1 N–H and O–H groups in total. The summed E-state index contributed by atoms with van der Waals surface area (Å²) in [5.41, 5.74) is 3.12. The molecule has 0 bridgehead atoms. The number of benzene rings is 1. The van der Waals surface area contributed by atoms with Crippen LogP contribution in [0.5, 0.6) is 0 Å². The Kier molecular flexibility index (Phi) is 2.53. The zero-order valence-electron chi connectivity index (χ0n) is 8.73. The molecule has 78 valence electrons. The van der Waals surface area contributed by atoms with Crippen LogP contribution in [0.1, 0.15) is 18.2 Å². The van der Waals surface area contributed by atoms with Gasteiger partial charge in [-0.3, -0.25) is 4.79 Å². The number of Topliss-reactive ketones (excluding diaryl/α,β-unsaturated/α-hetero) is 1. The fourth-order valence-electron chi connectivity index (χ4n) is 1.84. The molecule has 1 heterocycles. The van der Waals surface area contributed by atoms with Crippen LogP contribution in [0.4, 0.5) is 0 Å². The Hall–Kier alpha value is -1.28. The number of aryl methyl sites for hydroxylation is 1. The third-order valence-corrected chi connectivity index (χ3v) is 2.74. The molecule has 1 aromatic heterocycles. The van der Waals surface area contributed by atoms with E-state index in [2.05, 4.69) is 4.98 Å². The number of rotatable bonds is 2. The molecular formula is C12H12ClNO. The molecule has 0 aliphatic heterocycles. The van der Waals surface area contributed by atoms with Gasteiger partial charge >= 0.3 is 0 Å². The highest BCUT2D eigenvalue weighted by Crippen LogP contribution is 2.25. The summed E-state index contributed by atoms with van der Waals surface area (Å²) in [6.45, 7) is 3.58. The zero-order chi connectivity index (χ0) is 11.0. The van der Waals surface area contributed by atoms with Crippen molar-refractivity contribution in [2.75, 3.05) is 0 Å². The van der Waals surface area contributed by atoms with Gasteiger partial charge in [-0.1, -0.05) is 17.7 Å². The third kappa shape index (κ3) is 1.90. The quantitative estimate of drug-likeness (QED) is 0.830. The molecule has 0 unspecified atom stereocenters. The second kappa shape index (κ2) is 3.70. The molecule has 0 aliphatic carbocycles. The number of halogens is 1. The van der Waals surface area contributed by atoms with Crippen molar-refractivity contribution in [2.24, 2.45) is 0 Å². The molecule has 0 spiro atoms. The number of carbonyl (C=O) groups is 1. The van der Waals surface area contributed by atoms with E-state index in [1.54, 1.807) is 6.92 Å². The zero-order valence-corrected chi connectivity index (χ0v) is 9.48. The predicted octanol–water partition coefficient (Wildman–Crippen LogP) is 3.26. The molecule has 1 aromatic carbocycles. The molecule has 0 saturated heterocycles. The van der Waals surface area contributed by atoms with Crippen molar-refractivity contribution in [3.05, 3.63) is 34.5 Å². The lowest BCUT2D eigenvalue weighted by Crippen LogP contribution is -1.96. The van der Waals surface area contributed by atoms with Gasteiger partial charge in [-0.2, -0.15) is 0 Å². The minimum Gasteiger partial charge on any atom is -0.358 e. The van der Waals surface area contributed by atoms with E-state index in [4.69, 9.17) is 11.6 Å². The highest BCUT2D eigenvalue weighted by Gasteiger charge is 2.09. The van der Waals surface area contributed by atoms with Crippen LogP contribution in [-0.4, -0.2) is 10.8 Å². The highest BCUT2D eigenvalue weighted by molar-refractivity contribution is 6.31. The van der Waals surface area contributed by atoms with Crippen molar-refractivity contribution < 1.29 is 4.79 Å². The van der Waals surface area contributed by atoms with Gasteiger partial charge in [-0.15, -0.1) is 0 Å². The molecule has 0 fully saturated rings. The van der Waals surface area contributed by atoms with E-state index in [9.17, 15) is 4.79 Å². The van der Waals surface area contributed by atoms with E-state index in [0.717, 1.165) is 22.2 Å². The van der Waals surface area contributed by atoms with Crippen molar-refractivity contribution in [3.8, 4) is 0 Å². The molecular weight excluding hydrogens is 210 g/mol. The molecule has 2 rings (SSSR count). The third-order valence-electron chi connectivity index (χ3n) is 2.51. The number of hydrogen-bond acceptors (Lipinski definition) is 1. The van der Waals surface area contributed by atoms with Gasteiger partial charge in [0, 0.05) is 28.0 Å². The van der Waals surface area contributed by atoms with Gasteiger partial charge in [0.15, 0.2) is 0 Å². The number of H-pyrrole nitrogens is 1. The summed E-state index contributed by atoms with van der Waals surface area (Å²) >= 11 is 5.90. The van der Waals surface area contributed by atoms with Crippen LogP contribution < -0.4 is 0 Å². The van der Waals surface area contributed by atoms with Gasteiger partial charge < -0.3 is 4.98 Å². The van der Waals surface area contributed by atoms with Gasteiger partial charge in [-0.25, -0.2) is 0 Å². The first kappa shape index (κ1) is 10.2. The number of hydrogen-bond donors (Lipinski definition) is 1. The van der Waals surface area contributed by atoms with E-state index >= 15 is 0 Å². The summed E-state index contributed by atoms with van der Waals surface area (Å²) in [5, 5.41) is 1.80. The number of nitrogens with one attached hydrogen (secondary N) is 1. The SMILES string of the molecule is CC(=O)Cc1c(C)[nH]c2cc(Cl)ccc12. The van der Waals surface area contributed by atoms with E-state index in [1.165, 1.54) is 0 Å². The Morgan fingerprint density at radius 3 is 2.87 bits per heavy atom. The summed E-state index contributed by atoms with van der Waals surface area (Å²) in [5.74, 6) is 0.175. The Morgan fingerprint density at radius 1 is 1.47 bits per heavy atom. The van der Waals surface area contributed by atoms with E-state index in [0.29, 0.717) is 11.4 Å². The van der Waals surface area contributed by atoms with Crippen molar-refractivity contribution >= 4 is 28.3 Å². The van der Waals surface area contributed by atoms with Crippen LogP contribution in [0, 0.1) is 6.92 Å². The summed E-state index contributed by atoms with van der Waals surface area (Å²) in [6.07, 6.45) is 0.480. The monoisotopic (exact) mass is 221 g/mol. The van der Waals surface area contributed by atoms with Crippen LogP contribution in [-0.2, 0) is 11.2 Å². The number of aromatic nitrogens is 1. The molecule has 0 amide bonds. The number of carbonyl (C=O) groups excluding carboxylic acids is 1. The van der Waals surface area contributed by atoms with Crippen LogP contribution in [0.25, 0.3) is 10.9 Å². The number of aromatic amines is 1. The molecule has 0 aliphatic rings. The minimum atomic E-state index is 0.175. The summed E-state index contributed by atoms with van der Waals surface area (Å²) in [4.78, 5) is 14.4. The second-order valence-electron chi connectivity index (χ2n) is 3.80. The van der Waals surface area contributed by atoms with Crippen molar-refractivity contribution in [1.29, 1.82) is 0 Å². The lowest BCUT2D eigenvalue weighted by Gasteiger charge is -1.97. The average Bonchev–Trinajstić information content (AvgIpc) is 2.41. The largest absolute Gasteiger partial charge is 0.358 e. The van der Waals surface area contributed by atoms with E-state index in [1.807, 2.05) is 25.1 Å². The van der Waals surface area contributed by atoms with Crippen LogP contribution in [0.3, 0.4) is 0 Å². The summed E-state index contributed by atoms with van der Waals surface area (Å²) < 4.78 is 0. The number of ketones is 1. The van der Waals surface area contributed by atoms with Gasteiger partial charge in [0.25, 0.3) is 0 Å². The molecule has 0 atom stereocenters. The van der Waals surface area contributed by atoms with Crippen molar-refractivity contribution in [3.63, 3.8) is 0 Å². The maximum atomic E-state index is 11.1. The molecule has 2 nitrogen and oxygen atoms in total. The summed E-state index contributed by atoms with van der Waals surface area (Å²) in [6, 6.07) is 5.69. The Labute approximate surface area is 93.2 Å². The van der Waals surface area contributed by atoms with Gasteiger partial charge in [0.05, 0.1) is 0 Å². The maximum Gasteiger partial charge on any atom is 0.134 e. The first-order valence-electron chi connectivity index (χ1n) is 4.84. The van der Waals surface area contributed by atoms with Gasteiger partial charge in [-0.05, 0) is 31.5 Å². The van der Waals surface area contributed by atoms with Crippen LogP contribution in [0.2, 0.25) is 5.02 Å². The fourth-order valence-corrected chi connectivity index (χ4v) is 2.01. The minimum absolute atomic E-state index is 0.175. The Balaban J connectivity index is 2.63. The van der Waals surface area contributed by atoms with E-state index in [-0.39, 0.29) is 5.78 Å². The fraction of sp³-hybridized carbons (Fsp3) is 0.250. The average molecular weight is 222 g/mol. The van der Waals surface area contributed by atoms with Crippen molar-refractivity contribution in [1.82, 2.24) is 4.98 Å². The summed E-state index contributed by atoms with van der Waals surface area (Å²) in [7, 11) is 0. The number of fused-ring (bicyclic) bond motifs is 1. The first-order chi connectivity index (χ1) is 7.08. The van der Waals surface area contributed by atoms with Gasteiger partial charge in [0.2, 0.25) is 0 Å². The molecule has 0 saturated carbocycles. The Bertz CT molecular complexity index is 528. The lowest BCUT2D eigenvalue weighted by molar-refractivity contribution is -0.116. The Morgan fingerprint density at radius 2 is 2.20 bits per heavy atom. The van der Waals surface area contributed by atoms with Crippen LogP contribution in [0.15, 0.2) is 18.2 Å². The standard InChI is InChI=1S/C12H12ClNO/c1-7(15)5-11-8(2)14-12-6-9(13)3-4-10(11)12/h3-4,6,14H,5H2,1-2H3. The van der Waals surface area contributed by atoms with Gasteiger partial charge in [0.1, 0.15) is 5.78 Å². The molecule has 2 aromatic rings. The first-order valence-corrected chi connectivity index (χ1v) is 5.22. The van der Waals surface area contributed by atoms with E-state index < -0.39 is 0 Å². The molecule has 15 heavy (non-hydrogen) atoms. The molecule has 3 heteroatoms.